The molecule has 1 aromatic heterocycles. The van der Waals surface area contributed by atoms with E-state index in [-0.39, 0.29) is 11.9 Å². The zero-order valence-corrected chi connectivity index (χ0v) is 8.60. The van der Waals surface area contributed by atoms with Gasteiger partial charge < -0.3 is 10.6 Å². The van der Waals surface area contributed by atoms with Crippen molar-refractivity contribution in [2.75, 3.05) is 13.1 Å². The van der Waals surface area contributed by atoms with E-state index in [0.717, 1.165) is 25.9 Å². The van der Waals surface area contributed by atoms with Gasteiger partial charge >= 0.3 is 0 Å². The van der Waals surface area contributed by atoms with Crippen LogP contribution in [-0.4, -0.2) is 34.9 Å². The molecule has 80 valence electrons. The van der Waals surface area contributed by atoms with E-state index in [4.69, 9.17) is 5.73 Å². The molecule has 0 aromatic carbocycles. The maximum atomic E-state index is 12.0. The maximum Gasteiger partial charge on any atom is 0.255 e. The van der Waals surface area contributed by atoms with Gasteiger partial charge in [0.2, 0.25) is 0 Å². The SMILES string of the molecule is NC1CCN(C(=O)c2cccnc2)CC1. The highest BCUT2D eigenvalue weighted by atomic mass is 16.2. The number of nitrogens with zero attached hydrogens (tertiary/aromatic N) is 2. The van der Waals surface area contributed by atoms with Gasteiger partial charge in [-0.3, -0.25) is 9.78 Å². The summed E-state index contributed by atoms with van der Waals surface area (Å²) in [5.74, 6) is 0.0648. The Morgan fingerprint density at radius 2 is 2.20 bits per heavy atom. The van der Waals surface area contributed by atoms with Crippen molar-refractivity contribution >= 4 is 5.91 Å². The molecular formula is C11H15N3O. The quantitative estimate of drug-likeness (QED) is 0.732. The topological polar surface area (TPSA) is 59.2 Å². The minimum Gasteiger partial charge on any atom is -0.338 e. The van der Waals surface area contributed by atoms with Gasteiger partial charge in [-0.05, 0) is 25.0 Å². The molecule has 1 saturated heterocycles. The summed E-state index contributed by atoms with van der Waals surface area (Å²) in [5.41, 5.74) is 6.45. The summed E-state index contributed by atoms with van der Waals surface area (Å²) in [6.07, 6.45) is 5.07. The minimum atomic E-state index is 0.0648. The summed E-state index contributed by atoms with van der Waals surface area (Å²) >= 11 is 0. The number of aromatic nitrogens is 1. The summed E-state index contributed by atoms with van der Waals surface area (Å²) in [4.78, 5) is 17.7. The van der Waals surface area contributed by atoms with Gasteiger partial charge in [-0.2, -0.15) is 0 Å². The Balaban J connectivity index is 2.03. The van der Waals surface area contributed by atoms with E-state index in [9.17, 15) is 4.79 Å². The lowest BCUT2D eigenvalue weighted by Crippen LogP contribution is -2.42. The number of nitrogens with two attached hydrogens (primary N) is 1. The first kappa shape index (κ1) is 10.1. The average Bonchev–Trinajstić information content (AvgIpc) is 2.30. The van der Waals surface area contributed by atoms with Crippen LogP contribution in [0.15, 0.2) is 24.5 Å². The van der Waals surface area contributed by atoms with Crippen molar-refractivity contribution in [2.45, 2.75) is 18.9 Å². The van der Waals surface area contributed by atoms with E-state index in [1.165, 1.54) is 0 Å². The molecule has 0 radical (unpaired) electrons. The Morgan fingerprint density at radius 1 is 1.47 bits per heavy atom. The normalized spacial score (nSPS) is 17.8. The number of pyridine rings is 1. The van der Waals surface area contributed by atoms with Crippen LogP contribution in [0.1, 0.15) is 23.2 Å². The standard InChI is InChI=1S/C11H15N3O/c12-10-3-6-14(7-4-10)11(15)9-2-1-5-13-8-9/h1-2,5,8,10H,3-4,6-7,12H2. The van der Waals surface area contributed by atoms with E-state index in [2.05, 4.69) is 4.98 Å². The molecule has 0 unspecified atom stereocenters. The fourth-order valence-corrected chi connectivity index (χ4v) is 1.77. The molecule has 2 heterocycles. The van der Waals surface area contributed by atoms with E-state index in [0.29, 0.717) is 5.56 Å². The van der Waals surface area contributed by atoms with Crippen molar-refractivity contribution in [3.8, 4) is 0 Å². The van der Waals surface area contributed by atoms with Gasteiger partial charge in [0.25, 0.3) is 5.91 Å². The van der Waals surface area contributed by atoms with Crippen molar-refractivity contribution in [3.05, 3.63) is 30.1 Å². The highest BCUT2D eigenvalue weighted by molar-refractivity contribution is 5.93. The van der Waals surface area contributed by atoms with Crippen molar-refractivity contribution < 1.29 is 4.79 Å². The van der Waals surface area contributed by atoms with Crippen molar-refractivity contribution in [2.24, 2.45) is 5.73 Å². The van der Waals surface area contributed by atoms with Crippen LogP contribution < -0.4 is 5.73 Å². The minimum absolute atomic E-state index is 0.0648. The number of carbonyl (C=O) groups excluding carboxylic acids is 1. The smallest absolute Gasteiger partial charge is 0.255 e. The van der Waals surface area contributed by atoms with E-state index in [1.807, 2.05) is 4.90 Å². The van der Waals surface area contributed by atoms with Crippen LogP contribution in [0, 0.1) is 0 Å². The third kappa shape index (κ3) is 2.33. The van der Waals surface area contributed by atoms with Gasteiger partial charge in [-0.25, -0.2) is 0 Å². The first-order valence-corrected chi connectivity index (χ1v) is 5.22. The molecule has 0 bridgehead atoms. The second-order valence-electron chi connectivity index (χ2n) is 3.87. The first-order valence-electron chi connectivity index (χ1n) is 5.22. The van der Waals surface area contributed by atoms with Gasteiger partial charge in [0.1, 0.15) is 0 Å². The van der Waals surface area contributed by atoms with Gasteiger partial charge in [0.05, 0.1) is 5.56 Å². The largest absolute Gasteiger partial charge is 0.338 e. The number of rotatable bonds is 1. The van der Waals surface area contributed by atoms with Crippen molar-refractivity contribution in [1.82, 2.24) is 9.88 Å². The zero-order valence-electron chi connectivity index (χ0n) is 8.60. The van der Waals surface area contributed by atoms with Crippen LogP contribution in [0.5, 0.6) is 0 Å². The summed E-state index contributed by atoms with van der Waals surface area (Å²) in [6.45, 7) is 1.52. The van der Waals surface area contributed by atoms with E-state index in [1.54, 1.807) is 24.5 Å². The Hall–Kier alpha value is -1.42. The van der Waals surface area contributed by atoms with E-state index < -0.39 is 0 Å². The molecule has 0 saturated carbocycles. The fraction of sp³-hybridized carbons (Fsp3) is 0.455. The average molecular weight is 205 g/mol. The first-order chi connectivity index (χ1) is 7.27. The molecular weight excluding hydrogens is 190 g/mol. The number of carbonyl (C=O) groups is 1. The third-order valence-corrected chi connectivity index (χ3v) is 2.74. The molecule has 0 spiro atoms. The molecule has 1 aliphatic rings. The lowest BCUT2D eigenvalue weighted by atomic mass is 10.1. The summed E-state index contributed by atoms with van der Waals surface area (Å²) in [5, 5.41) is 0. The molecule has 2 rings (SSSR count). The monoisotopic (exact) mass is 205 g/mol. The molecule has 15 heavy (non-hydrogen) atoms. The van der Waals surface area contributed by atoms with Crippen LogP contribution in [0.3, 0.4) is 0 Å². The Kier molecular flexibility index (Phi) is 2.97. The lowest BCUT2D eigenvalue weighted by molar-refractivity contribution is 0.0714. The van der Waals surface area contributed by atoms with Crippen LogP contribution >= 0.6 is 0 Å². The maximum absolute atomic E-state index is 12.0. The van der Waals surface area contributed by atoms with Crippen LogP contribution in [0.4, 0.5) is 0 Å². The van der Waals surface area contributed by atoms with E-state index >= 15 is 0 Å². The zero-order chi connectivity index (χ0) is 10.7. The second-order valence-corrected chi connectivity index (χ2v) is 3.87. The number of hydrogen-bond donors (Lipinski definition) is 1. The molecule has 1 aromatic rings. The van der Waals surface area contributed by atoms with Crippen molar-refractivity contribution in [1.29, 1.82) is 0 Å². The van der Waals surface area contributed by atoms with Gasteiger partial charge in [-0.1, -0.05) is 0 Å². The highest BCUT2D eigenvalue weighted by Crippen LogP contribution is 2.11. The number of amides is 1. The van der Waals surface area contributed by atoms with Crippen LogP contribution in [0.25, 0.3) is 0 Å². The summed E-state index contributed by atoms with van der Waals surface area (Å²) in [6, 6.07) is 3.83. The number of hydrogen-bond acceptors (Lipinski definition) is 3. The molecule has 4 heteroatoms. The Labute approximate surface area is 89.1 Å². The molecule has 4 nitrogen and oxygen atoms in total. The van der Waals surface area contributed by atoms with Crippen LogP contribution in [-0.2, 0) is 0 Å². The fourth-order valence-electron chi connectivity index (χ4n) is 1.77. The van der Waals surface area contributed by atoms with Gasteiger partial charge in [-0.15, -0.1) is 0 Å². The Morgan fingerprint density at radius 3 is 2.80 bits per heavy atom. The third-order valence-electron chi connectivity index (χ3n) is 2.74. The molecule has 0 atom stereocenters. The van der Waals surface area contributed by atoms with Crippen LogP contribution in [0.2, 0.25) is 0 Å². The molecule has 2 N–H and O–H groups in total. The molecule has 0 aliphatic carbocycles. The lowest BCUT2D eigenvalue weighted by Gasteiger charge is -2.30. The summed E-state index contributed by atoms with van der Waals surface area (Å²) < 4.78 is 0. The predicted octanol–water partition coefficient (Wildman–Crippen LogP) is 0.645. The Bertz CT molecular complexity index is 331. The number of likely N-dealkylation sites (tertiary alicyclic amines) is 1. The second kappa shape index (κ2) is 4.40. The number of piperidine rings is 1. The molecule has 1 amide bonds. The predicted molar refractivity (Wildman–Crippen MR) is 57.3 cm³/mol. The van der Waals surface area contributed by atoms with Gasteiger partial charge in [0.15, 0.2) is 0 Å². The summed E-state index contributed by atoms with van der Waals surface area (Å²) in [7, 11) is 0. The molecule has 1 fully saturated rings. The van der Waals surface area contributed by atoms with Crippen molar-refractivity contribution in [3.63, 3.8) is 0 Å². The highest BCUT2D eigenvalue weighted by Gasteiger charge is 2.21. The molecule has 1 aliphatic heterocycles. The van der Waals surface area contributed by atoms with Gasteiger partial charge in [0, 0.05) is 31.5 Å².